The Hall–Kier alpha value is -2.20. The van der Waals surface area contributed by atoms with Crippen molar-refractivity contribution in [2.75, 3.05) is 25.0 Å². The van der Waals surface area contributed by atoms with Crippen molar-refractivity contribution in [3.8, 4) is 0 Å². The lowest BCUT2D eigenvalue weighted by molar-refractivity contribution is 0.0963. The summed E-state index contributed by atoms with van der Waals surface area (Å²) in [5.74, 6) is 0.0585. The molecule has 0 atom stereocenters. The molecule has 0 unspecified atom stereocenters. The third kappa shape index (κ3) is 3.17. The number of rotatable bonds is 3. The van der Waals surface area contributed by atoms with Crippen LogP contribution in [0.25, 0.3) is 0 Å². The van der Waals surface area contributed by atoms with Crippen LogP contribution in [0, 0.1) is 0 Å². The average molecular weight is 295 g/mol. The van der Waals surface area contributed by atoms with Gasteiger partial charge in [0.15, 0.2) is 0 Å². The quantitative estimate of drug-likeness (QED) is 0.873. The van der Waals surface area contributed by atoms with Crippen molar-refractivity contribution in [2.45, 2.75) is 18.9 Å². The number of hydrogen-bond donors (Lipinski definition) is 0. The molecule has 114 valence electrons. The van der Waals surface area contributed by atoms with Crippen molar-refractivity contribution >= 4 is 11.6 Å². The molecule has 0 spiro atoms. The van der Waals surface area contributed by atoms with Gasteiger partial charge in [0.2, 0.25) is 0 Å². The zero-order valence-corrected chi connectivity index (χ0v) is 12.9. The number of carbonyl (C=O) groups is 1. The number of aromatic nitrogens is 1. The van der Waals surface area contributed by atoms with Crippen LogP contribution in [-0.4, -0.2) is 42.0 Å². The lowest BCUT2D eigenvalue weighted by atomic mass is 10.0. The van der Waals surface area contributed by atoms with Crippen LogP contribution in [0.2, 0.25) is 0 Å². The molecule has 0 N–H and O–H groups in total. The Morgan fingerprint density at radius 2 is 1.86 bits per heavy atom. The van der Waals surface area contributed by atoms with E-state index in [1.54, 1.807) is 12.4 Å². The maximum Gasteiger partial charge on any atom is 0.258 e. The third-order valence-corrected chi connectivity index (χ3v) is 4.22. The topological polar surface area (TPSA) is 36.4 Å². The standard InChI is InChI=1S/C18H21N3O/c1-20-12-9-16(10-13-20)21(17-8-5-11-19-14-17)18(22)15-6-3-2-4-7-15/h2-8,11,14,16H,9-10,12-13H2,1H3. The second-order valence-electron chi connectivity index (χ2n) is 5.79. The summed E-state index contributed by atoms with van der Waals surface area (Å²) in [5.41, 5.74) is 1.61. The molecule has 1 aromatic heterocycles. The highest BCUT2D eigenvalue weighted by atomic mass is 16.2. The molecule has 2 heterocycles. The molecule has 1 aliphatic rings. The minimum absolute atomic E-state index is 0.0585. The van der Waals surface area contributed by atoms with E-state index in [1.165, 1.54) is 0 Å². The van der Waals surface area contributed by atoms with E-state index < -0.39 is 0 Å². The van der Waals surface area contributed by atoms with Crippen LogP contribution in [0.3, 0.4) is 0 Å². The summed E-state index contributed by atoms with van der Waals surface area (Å²) in [6, 6.07) is 13.6. The van der Waals surface area contributed by atoms with Gasteiger partial charge in [0.25, 0.3) is 5.91 Å². The van der Waals surface area contributed by atoms with Crippen molar-refractivity contribution < 1.29 is 4.79 Å². The number of carbonyl (C=O) groups excluding carboxylic acids is 1. The van der Waals surface area contributed by atoms with E-state index in [0.717, 1.165) is 37.2 Å². The van der Waals surface area contributed by atoms with Crippen LogP contribution >= 0.6 is 0 Å². The Kier molecular flexibility index (Phi) is 4.49. The Bertz CT molecular complexity index is 607. The maximum absolute atomic E-state index is 13.0. The van der Waals surface area contributed by atoms with E-state index in [0.29, 0.717) is 0 Å². The summed E-state index contributed by atoms with van der Waals surface area (Å²) >= 11 is 0. The van der Waals surface area contributed by atoms with Crippen molar-refractivity contribution in [3.63, 3.8) is 0 Å². The highest BCUT2D eigenvalue weighted by Gasteiger charge is 2.28. The minimum Gasteiger partial charge on any atom is -0.306 e. The van der Waals surface area contributed by atoms with Gasteiger partial charge in [-0.25, -0.2) is 0 Å². The molecule has 0 bridgehead atoms. The first-order valence-electron chi connectivity index (χ1n) is 7.73. The van der Waals surface area contributed by atoms with Gasteiger partial charge in [0, 0.05) is 17.8 Å². The van der Waals surface area contributed by atoms with Gasteiger partial charge < -0.3 is 9.80 Å². The van der Waals surface area contributed by atoms with E-state index in [4.69, 9.17) is 0 Å². The molecule has 1 aliphatic heterocycles. The summed E-state index contributed by atoms with van der Waals surface area (Å²) < 4.78 is 0. The van der Waals surface area contributed by atoms with Gasteiger partial charge in [-0.3, -0.25) is 9.78 Å². The Morgan fingerprint density at radius 1 is 1.14 bits per heavy atom. The number of piperidine rings is 1. The Balaban J connectivity index is 1.91. The van der Waals surface area contributed by atoms with Gasteiger partial charge >= 0.3 is 0 Å². The normalized spacial score (nSPS) is 16.4. The van der Waals surface area contributed by atoms with Gasteiger partial charge in [0.05, 0.1) is 11.9 Å². The molecule has 4 nitrogen and oxygen atoms in total. The summed E-state index contributed by atoms with van der Waals surface area (Å²) in [4.78, 5) is 21.4. The molecular formula is C18H21N3O. The molecule has 22 heavy (non-hydrogen) atoms. The zero-order chi connectivity index (χ0) is 15.4. The third-order valence-electron chi connectivity index (χ3n) is 4.22. The molecule has 3 rings (SSSR count). The fourth-order valence-corrected chi connectivity index (χ4v) is 2.96. The number of nitrogens with zero attached hydrogens (tertiary/aromatic N) is 3. The van der Waals surface area contributed by atoms with Gasteiger partial charge in [-0.15, -0.1) is 0 Å². The van der Waals surface area contributed by atoms with Crippen LogP contribution in [0.15, 0.2) is 54.9 Å². The first-order valence-corrected chi connectivity index (χ1v) is 7.73. The van der Waals surface area contributed by atoms with Gasteiger partial charge in [-0.2, -0.15) is 0 Å². The molecular weight excluding hydrogens is 274 g/mol. The van der Waals surface area contributed by atoms with E-state index >= 15 is 0 Å². The van der Waals surface area contributed by atoms with Gasteiger partial charge in [-0.1, -0.05) is 18.2 Å². The average Bonchev–Trinajstić information content (AvgIpc) is 2.58. The zero-order valence-electron chi connectivity index (χ0n) is 12.9. The molecule has 0 radical (unpaired) electrons. The first-order chi connectivity index (χ1) is 10.8. The van der Waals surface area contributed by atoms with Crippen LogP contribution < -0.4 is 4.90 Å². The first kappa shape index (κ1) is 14.7. The molecule has 1 fully saturated rings. The van der Waals surface area contributed by atoms with Crippen LogP contribution in [0.4, 0.5) is 5.69 Å². The lowest BCUT2D eigenvalue weighted by Crippen LogP contribution is -2.46. The van der Waals surface area contributed by atoms with Gasteiger partial charge in [-0.05, 0) is 57.2 Å². The summed E-state index contributed by atoms with van der Waals surface area (Å²) in [6.07, 6.45) is 5.50. The van der Waals surface area contributed by atoms with Crippen molar-refractivity contribution in [2.24, 2.45) is 0 Å². The molecule has 1 aromatic carbocycles. The Morgan fingerprint density at radius 3 is 2.50 bits per heavy atom. The van der Waals surface area contributed by atoms with Crippen LogP contribution in [0.5, 0.6) is 0 Å². The van der Waals surface area contributed by atoms with Crippen molar-refractivity contribution in [1.29, 1.82) is 0 Å². The fourth-order valence-electron chi connectivity index (χ4n) is 2.96. The van der Waals surface area contributed by atoms with Gasteiger partial charge in [0.1, 0.15) is 0 Å². The predicted octanol–water partition coefficient (Wildman–Crippen LogP) is 2.82. The molecule has 1 amide bonds. The summed E-state index contributed by atoms with van der Waals surface area (Å²) in [6.45, 7) is 2.03. The Labute approximate surface area is 131 Å². The SMILES string of the molecule is CN1CCC(N(C(=O)c2ccccc2)c2cccnc2)CC1. The number of benzene rings is 1. The van der Waals surface area contributed by atoms with E-state index in [-0.39, 0.29) is 11.9 Å². The lowest BCUT2D eigenvalue weighted by Gasteiger charge is -2.37. The number of hydrogen-bond acceptors (Lipinski definition) is 3. The molecule has 1 saturated heterocycles. The smallest absolute Gasteiger partial charge is 0.258 e. The predicted molar refractivity (Wildman–Crippen MR) is 88.0 cm³/mol. The molecule has 4 heteroatoms. The summed E-state index contributed by atoms with van der Waals surface area (Å²) in [7, 11) is 2.13. The van der Waals surface area contributed by atoms with Crippen LogP contribution in [0.1, 0.15) is 23.2 Å². The number of likely N-dealkylation sites (tertiary alicyclic amines) is 1. The summed E-state index contributed by atoms with van der Waals surface area (Å²) in [5, 5.41) is 0. The highest BCUT2D eigenvalue weighted by Crippen LogP contribution is 2.24. The maximum atomic E-state index is 13.0. The van der Waals surface area contributed by atoms with E-state index in [1.807, 2.05) is 47.4 Å². The van der Waals surface area contributed by atoms with Crippen LogP contribution in [-0.2, 0) is 0 Å². The minimum atomic E-state index is 0.0585. The monoisotopic (exact) mass is 295 g/mol. The number of amides is 1. The molecule has 0 saturated carbocycles. The van der Waals surface area contributed by atoms with Crippen molar-refractivity contribution in [3.05, 3.63) is 60.4 Å². The molecule has 0 aliphatic carbocycles. The number of anilines is 1. The van der Waals surface area contributed by atoms with E-state index in [9.17, 15) is 4.79 Å². The molecule has 2 aromatic rings. The largest absolute Gasteiger partial charge is 0.306 e. The highest BCUT2D eigenvalue weighted by molar-refractivity contribution is 6.06. The van der Waals surface area contributed by atoms with Crippen molar-refractivity contribution in [1.82, 2.24) is 9.88 Å². The second-order valence-corrected chi connectivity index (χ2v) is 5.79. The van der Waals surface area contributed by atoms with E-state index in [2.05, 4.69) is 16.9 Å². The number of pyridine rings is 1. The second kappa shape index (κ2) is 6.71. The fraction of sp³-hybridized carbons (Fsp3) is 0.333.